The van der Waals surface area contributed by atoms with Crippen LogP contribution in [0.2, 0.25) is 0 Å². The zero-order chi connectivity index (χ0) is 13.2. The Hall–Kier alpha value is -1.40. The van der Waals surface area contributed by atoms with E-state index in [1.165, 1.54) is 0 Å². The number of amides is 1. The van der Waals surface area contributed by atoms with Crippen molar-refractivity contribution >= 4 is 32.7 Å². The summed E-state index contributed by atoms with van der Waals surface area (Å²) in [5.41, 5.74) is 1.29. The van der Waals surface area contributed by atoms with Gasteiger partial charge in [-0.25, -0.2) is 0 Å². The van der Waals surface area contributed by atoms with Gasteiger partial charge in [0.1, 0.15) is 0 Å². The van der Waals surface area contributed by atoms with E-state index in [4.69, 9.17) is 4.74 Å². The maximum atomic E-state index is 12.2. The normalized spacial score (nSPS) is 19.5. The molecule has 0 spiro atoms. The Bertz CT molecular complexity index is 605. The van der Waals surface area contributed by atoms with E-state index in [1.54, 1.807) is 0 Å². The monoisotopic (exact) mass is 323 g/mol. The van der Waals surface area contributed by atoms with E-state index in [2.05, 4.69) is 31.4 Å². The molecular formula is C13H14BrN3O2. The van der Waals surface area contributed by atoms with Crippen molar-refractivity contribution in [3.63, 3.8) is 0 Å². The van der Waals surface area contributed by atoms with Crippen LogP contribution in [0, 0.1) is 0 Å². The summed E-state index contributed by atoms with van der Waals surface area (Å²) < 4.78 is 6.28. The molecule has 1 saturated heterocycles. The Morgan fingerprint density at radius 3 is 3.21 bits per heavy atom. The maximum absolute atomic E-state index is 12.2. The Kier molecular flexibility index (Phi) is 3.52. The minimum atomic E-state index is -0.153. The van der Waals surface area contributed by atoms with Gasteiger partial charge in [-0.3, -0.25) is 9.89 Å². The molecule has 0 bridgehead atoms. The number of nitrogens with zero attached hydrogens (tertiary/aromatic N) is 1. The van der Waals surface area contributed by atoms with Crippen LogP contribution in [0.5, 0.6) is 0 Å². The first-order chi connectivity index (χ1) is 9.24. The highest BCUT2D eigenvalue weighted by Crippen LogP contribution is 2.21. The molecule has 100 valence electrons. The van der Waals surface area contributed by atoms with Gasteiger partial charge < -0.3 is 10.1 Å². The highest BCUT2D eigenvalue weighted by molar-refractivity contribution is 9.10. The first kappa shape index (κ1) is 12.6. The average Bonchev–Trinajstić information content (AvgIpc) is 2.82. The van der Waals surface area contributed by atoms with Crippen molar-refractivity contribution in [2.24, 2.45) is 0 Å². The minimum Gasteiger partial charge on any atom is -0.379 e. The Morgan fingerprint density at radius 2 is 2.42 bits per heavy atom. The molecule has 1 unspecified atom stereocenters. The van der Waals surface area contributed by atoms with Crippen LogP contribution in [-0.4, -0.2) is 35.4 Å². The van der Waals surface area contributed by atoms with Gasteiger partial charge >= 0.3 is 0 Å². The molecule has 1 aromatic heterocycles. The number of carbonyl (C=O) groups is 1. The standard InChI is InChI=1S/C13H14BrN3O2/c14-8-3-4-11-10(6-8)12(17-16-11)13(18)15-9-2-1-5-19-7-9/h3-4,6,9H,1-2,5,7H2,(H,15,18)(H,16,17). The lowest BCUT2D eigenvalue weighted by Gasteiger charge is -2.22. The Balaban J connectivity index is 1.82. The van der Waals surface area contributed by atoms with Crippen molar-refractivity contribution < 1.29 is 9.53 Å². The molecule has 1 aliphatic heterocycles. The van der Waals surface area contributed by atoms with E-state index in [1.807, 2.05) is 18.2 Å². The molecule has 1 atom stereocenters. The fraction of sp³-hybridized carbons (Fsp3) is 0.385. The molecular weight excluding hydrogens is 310 g/mol. The SMILES string of the molecule is O=C(NC1CCCOC1)c1n[nH]c2ccc(Br)cc12. The lowest BCUT2D eigenvalue weighted by Crippen LogP contribution is -2.40. The highest BCUT2D eigenvalue weighted by atomic mass is 79.9. The van der Waals surface area contributed by atoms with E-state index < -0.39 is 0 Å². The van der Waals surface area contributed by atoms with E-state index in [0.29, 0.717) is 12.3 Å². The number of hydrogen-bond donors (Lipinski definition) is 2. The third kappa shape index (κ3) is 2.64. The number of H-pyrrole nitrogens is 1. The molecule has 1 aromatic carbocycles. The van der Waals surface area contributed by atoms with Gasteiger partial charge in [-0.15, -0.1) is 0 Å². The van der Waals surface area contributed by atoms with Crippen LogP contribution < -0.4 is 5.32 Å². The zero-order valence-electron chi connectivity index (χ0n) is 10.3. The van der Waals surface area contributed by atoms with Gasteiger partial charge in [-0.1, -0.05) is 15.9 Å². The fourth-order valence-electron chi connectivity index (χ4n) is 2.27. The molecule has 0 radical (unpaired) electrons. The molecule has 3 rings (SSSR count). The lowest BCUT2D eigenvalue weighted by molar-refractivity contribution is 0.0622. The summed E-state index contributed by atoms with van der Waals surface area (Å²) in [6, 6.07) is 5.79. The summed E-state index contributed by atoms with van der Waals surface area (Å²) in [5, 5.41) is 10.8. The van der Waals surface area contributed by atoms with Crippen LogP contribution in [0.3, 0.4) is 0 Å². The predicted molar refractivity (Wildman–Crippen MR) is 75.1 cm³/mol. The molecule has 19 heavy (non-hydrogen) atoms. The van der Waals surface area contributed by atoms with Crippen LogP contribution >= 0.6 is 15.9 Å². The summed E-state index contributed by atoms with van der Waals surface area (Å²) in [4.78, 5) is 12.2. The van der Waals surface area contributed by atoms with Crippen LogP contribution in [-0.2, 0) is 4.74 Å². The second-order valence-corrected chi connectivity index (χ2v) is 5.57. The van der Waals surface area contributed by atoms with Gasteiger partial charge in [0.05, 0.1) is 18.2 Å². The van der Waals surface area contributed by atoms with Crippen LogP contribution in [0.4, 0.5) is 0 Å². The fourth-order valence-corrected chi connectivity index (χ4v) is 2.63. The van der Waals surface area contributed by atoms with Crippen LogP contribution in [0.1, 0.15) is 23.3 Å². The van der Waals surface area contributed by atoms with Crippen molar-refractivity contribution in [2.75, 3.05) is 13.2 Å². The smallest absolute Gasteiger partial charge is 0.272 e. The first-order valence-corrected chi connectivity index (χ1v) is 7.05. The summed E-state index contributed by atoms with van der Waals surface area (Å²) in [5.74, 6) is -0.153. The molecule has 1 amide bonds. The molecule has 1 fully saturated rings. The molecule has 0 saturated carbocycles. The number of nitrogens with one attached hydrogen (secondary N) is 2. The number of hydrogen-bond acceptors (Lipinski definition) is 3. The highest BCUT2D eigenvalue weighted by Gasteiger charge is 2.20. The van der Waals surface area contributed by atoms with E-state index in [-0.39, 0.29) is 11.9 Å². The number of aromatic amines is 1. The minimum absolute atomic E-state index is 0.0835. The van der Waals surface area contributed by atoms with Crippen LogP contribution in [0.15, 0.2) is 22.7 Å². The molecule has 0 aliphatic carbocycles. The van der Waals surface area contributed by atoms with Gasteiger partial charge in [0.25, 0.3) is 5.91 Å². The number of rotatable bonds is 2. The number of benzene rings is 1. The number of halogens is 1. The van der Waals surface area contributed by atoms with Crippen molar-refractivity contribution in [1.29, 1.82) is 0 Å². The number of aromatic nitrogens is 2. The molecule has 5 nitrogen and oxygen atoms in total. The Labute approximate surface area is 118 Å². The van der Waals surface area contributed by atoms with Crippen molar-refractivity contribution in [3.05, 3.63) is 28.4 Å². The molecule has 2 N–H and O–H groups in total. The molecule has 2 aromatic rings. The summed E-state index contributed by atoms with van der Waals surface area (Å²) >= 11 is 3.41. The topological polar surface area (TPSA) is 67.0 Å². The summed E-state index contributed by atoms with van der Waals surface area (Å²) in [6.07, 6.45) is 1.94. The first-order valence-electron chi connectivity index (χ1n) is 6.26. The maximum Gasteiger partial charge on any atom is 0.272 e. The average molecular weight is 324 g/mol. The van der Waals surface area contributed by atoms with E-state index in [0.717, 1.165) is 34.8 Å². The van der Waals surface area contributed by atoms with Gasteiger partial charge in [-0.05, 0) is 31.0 Å². The second kappa shape index (κ2) is 5.30. The molecule has 6 heteroatoms. The van der Waals surface area contributed by atoms with Gasteiger partial charge in [0.15, 0.2) is 5.69 Å². The second-order valence-electron chi connectivity index (χ2n) is 4.65. The Morgan fingerprint density at radius 1 is 1.53 bits per heavy atom. The lowest BCUT2D eigenvalue weighted by atomic mass is 10.1. The quantitative estimate of drug-likeness (QED) is 0.890. The predicted octanol–water partition coefficient (Wildman–Crippen LogP) is 2.23. The van der Waals surface area contributed by atoms with Gasteiger partial charge in [0, 0.05) is 16.5 Å². The van der Waals surface area contributed by atoms with E-state index in [9.17, 15) is 4.79 Å². The van der Waals surface area contributed by atoms with Crippen LogP contribution in [0.25, 0.3) is 10.9 Å². The number of ether oxygens (including phenoxy) is 1. The van der Waals surface area contributed by atoms with Crippen molar-refractivity contribution in [1.82, 2.24) is 15.5 Å². The molecule has 1 aliphatic rings. The molecule has 2 heterocycles. The zero-order valence-corrected chi connectivity index (χ0v) is 11.9. The summed E-state index contributed by atoms with van der Waals surface area (Å²) in [7, 11) is 0. The van der Waals surface area contributed by atoms with E-state index >= 15 is 0 Å². The van der Waals surface area contributed by atoms with Crippen molar-refractivity contribution in [2.45, 2.75) is 18.9 Å². The van der Waals surface area contributed by atoms with Crippen molar-refractivity contribution in [3.8, 4) is 0 Å². The number of fused-ring (bicyclic) bond motifs is 1. The third-order valence-electron chi connectivity index (χ3n) is 3.24. The summed E-state index contributed by atoms with van der Waals surface area (Å²) in [6.45, 7) is 1.36. The number of carbonyl (C=O) groups excluding carboxylic acids is 1. The third-order valence-corrected chi connectivity index (χ3v) is 3.73. The van der Waals surface area contributed by atoms with Gasteiger partial charge in [0.2, 0.25) is 0 Å². The van der Waals surface area contributed by atoms with Gasteiger partial charge in [-0.2, -0.15) is 5.10 Å². The largest absolute Gasteiger partial charge is 0.379 e.